The molecule has 0 aromatic heterocycles. The van der Waals surface area contributed by atoms with Crippen molar-refractivity contribution >= 4 is 12.1 Å². The minimum absolute atomic E-state index is 0.214. The molecule has 84 valence electrons. The van der Waals surface area contributed by atoms with Crippen LogP contribution >= 0.6 is 0 Å². The fourth-order valence-corrected chi connectivity index (χ4v) is 1.52. The van der Waals surface area contributed by atoms with Crippen LogP contribution in [0.25, 0.3) is 0 Å². The van der Waals surface area contributed by atoms with Gasteiger partial charge in [0.05, 0.1) is 0 Å². The minimum atomic E-state index is -0.214. The Kier molecular flexibility index (Phi) is 3.46. The first-order valence-corrected chi connectivity index (χ1v) is 5.46. The molecule has 0 saturated carbocycles. The second-order valence-electron chi connectivity index (χ2n) is 3.79. The molecule has 2 heteroatoms. The Morgan fingerprint density at radius 1 is 1.00 bits per heavy atom. The third-order valence-corrected chi connectivity index (χ3v) is 2.53. The molecule has 2 aromatic rings. The van der Waals surface area contributed by atoms with Gasteiger partial charge in [-0.3, -0.25) is 4.79 Å². The van der Waals surface area contributed by atoms with E-state index in [1.165, 1.54) is 0 Å². The molecule has 1 amide bonds. The summed E-state index contributed by atoms with van der Waals surface area (Å²) in [5, 5.41) is 0. The normalized spacial score (nSPS) is 10.6. The molecule has 0 bridgehead atoms. The summed E-state index contributed by atoms with van der Waals surface area (Å²) >= 11 is 0. The van der Waals surface area contributed by atoms with Crippen molar-refractivity contribution in [3.63, 3.8) is 0 Å². The van der Waals surface area contributed by atoms with Gasteiger partial charge in [-0.2, -0.15) is 0 Å². The molecule has 0 atom stereocenters. The maximum atomic E-state index is 11.7. The number of benzene rings is 2. The minimum Gasteiger partial charge on any atom is -0.267 e. The van der Waals surface area contributed by atoms with Gasteiger partial charge in [-0.15, -0.1) is 0 Å². The lowest BCUT2D eigenvalue weighted by Gasteiger charge is -1.98. The monoisotopic (exact) mass is 223 g/mol. The molecule has 0 N–H and O–H groups in total. The Bertz CT molecular complexity index is 544. The standard InChI is InChI=1S/C15H13NO/c1-12-7-5-6-10-14(12)11-16-15(17)13-8-3-2-4-9-13/h2-11H,1H3/b16-11+. The molecule has 0 heterocycles. The van der Waals surface area contributed by atoms with Crippen molar-refractivity contribution in [1.29, 1.82) is 0 Å². The summed E-state index contributed by atoms with van der Waals surface area (Å²) in [6.07, 6.45) is 1.62. The molecular weight excluding hydrogens is 210 g/mol. The summed E-state index contributed by atoms with van der Waals surface area (Å²) in [6, 6.07) is 16.9. The average Bonchev–Trinajstić information content (AvgIpc) is 2.38. The van der Waals surface area contributed by atoms with Crippen molar-refractivity contribution in [2.75, 3.05) is 0 Å². The zero-order chi connectivity index (χ0) is 12.1. The van der Waals surface area contributed by atoms with Gasteiger partial charge in [0.2, 0.25) is 0 Å². The van der Waals surface area contributed by atoms with E-state index in [9.17, 15) is 4.79 Å². The largest absolute Gasteiger partial charge is 0.276 e. The maximum absolute atomic E-state index is 11.7. The summed E-state index contributed by atoms with van der Waals surface area (Å²) in [5.74, 6) is -0.214. The fourth-order valence-electron chi connectivity index (χ4n) is 1.52. The lowest BCUT2D eigenvalue weighted by atomic mass is 10.1. The van der Waals surface area contributed by atoms with E-state index in [0.717, 1.165) is 11.1 Å². The molecule has 0 unspecified atom stereocenters. The number of aliphatic imine (C=N–C) groups is 1. The quantitative estimate of drug-likeness (QED) is 0.718. The second kappa shape index (κ2) is 5.21. The van der Waals surface area contributed by atoms with Crippen LogP contribution < -0.4 is 0 Å². The van der Waals surface area contributed by atoms with Crippen molar-refractivity contribution in [3.05, 3.63) is 71.3 Å². The summed E-state index contributed by atoms with van der Waals surface area (Å²) in [5.41, 5.74) is 2.69. The Balaban J connectivity index is 2.17. The fraction of sp³-hybridized carbons (Fsp3) is 0.0667. The number of hydrogen-bond donors (Lipinski definition) is 0. The van der Waals surface area contributed by atoms with E-state index in [4.69, 9.17) is 0 Å². The lowest BCUT2D eigenvalue weighted by Crippen LogP contribution is -1.96. The van der Waals surface area contributed by atoms with Gasteiger partial charge >= 0.3 is 0 Å². The van der Waals surface area contributed by atoms with E-state index in [2.05, 4.69) is 4.99 Å². The van der Waals surface area contributed by atoms with Gasteiger partial charge in [-0.25, -0.2) is 4.99 Å². The first-order valence-electron chi connectivity index (χ1n) is 5.46. The highest BCUT2D eigenvalue weighted by Gasteiger charge is 2.01. The van der Waals surface area contributed by atoms with Crippen LogP contribution in [0.1, 0.15) is 21.5 Å². The highest BCUT2D eigenvalue weighted by atomic mass is 16.1. The smallest absolute Gasteiger partial charge is 0.267 e. The van der Waals surface area contributed by atoms with Crippen LogP contribution in [0.2, 0.25) is 0 Å². The van der Waals surface area contributed by atoms with Gasteiger partial charge in [-0.1, -0.05) is 42.5 Å². The number of hydrogen-bond acceptors (Lipinski definition) is 1. The third-order valence-electron chi connectivity index (χ3n) is 2.53. The predicted molar refractivity (Wildman–Crippen MR) is 69.5 cm³/mol. The van der Waals surface area contributed by atoms with Crippen LogP contribution in [0, 0.1) is 6.92 Å². The van der Waals surface area contributed by atoms with Crippen molar-refractivity contribution < 1.29 is 4.79 Å². The molecule has 0 spiro atoms. The van der Waals surface area contributed by atoms with Gasteiger partial charge < -0.3 is 0 Å². The van der Waals surface area contributed by atoms with E-state index in [1.807, 2.05) is 49.4 Å². The third kappa shape index (κ3) is 2.88. The molecule has 0 aliphatic carbocycles. The van der Waals surface area contributed by atoms with Gasteiger partial charge in [-0.05, 0) is 30.2 Å². The number of carbonyl (C=O) groups is 1. The molecule has 2 rings (SSSR count). The van der Waals surface area contributed by atoms with E-state index in [0.29, 0.717) is 5.56 Å². The Morgan fingerprint density at radius 2 is 1.65 bits per heavy atom. The van der Waals surface area contributed by atoms with Gasteiger partial charge in [0, 0.05) is 11.8 Å². The molecule has 2 nitrogen and oxygen atoms in total. The molecule has 17 heavy (non-hydrogen) atoms. The van der Waals surface area contributed by atoms with E-state index < -0.39 is 0 Å². The van der Waals surface area contributed by atoms with Crippen LogP contribution in [-0.4, -0.2) is 12.1 Å². The molecular formula is C15H13NO. The first kappa shape index (κ1) is 11.3. The SMILES string of the molecule is Cc1ccccc1/C=N/C(=O)c1ccccc1. The Morgan fingerprint density at radius 3 is 2.35 bits per heavy atom. The molecule has 2 aromatic carbocycles. The summed E-state index contributed by atoms with van der Waals surface area (Å²) in [4.78, 5) is 15.7. The van der Waals surface area contributed by atoms with Crippen molar-refractivity contribution in [2.45, 2.75) is 6.92 Å². The van der Waals surface area contributed by atoms with Gasteiger partial charge in [0.1, 0.15) is 0 Å². The van der Waals surface area contributed by atoms with Crippen molar-refractivity contribution in [1.82, 2.24) is 0 Å². The van der Waals surface area contributed by atoms with E-state index >= 15 is 0 Å². The van der Waals surface area contributed by atoms with E-state index in [1.54, 1.807) is 18.3 Å². The molecule has 0 aliphatic heterocycles. The van der Waals surface area contributed by atoms with Gasteiger partial charge in [0.15, 0.2) is 0 Å². The van der Waals surface area contributed by atoms with Gasteiger partial charge in [0.25, 0.3) is 5.91 Å². The van der Waals surface area contributed by atoms with Crippen LogP contribution in [0.4, 0.5) is 0 Å². The number of carbonyl (C=O) groups excluding carboxylic acids is 1. The topological polar surface area (TPSA) is 29.4 Å². The zero-order valence-corrected chi connectivity index (χ0v) is 9.63. The van der Waals surface area contributed by atoms with Crippen LogP contribution in [-0.2, 0) is 0 Å². The maximum Gasteiger partial charge on any atom is 0.276 e. The number of rotatable bonds is 2. The molecule has 0 fully saturated rings. The molecule has 0 radical (unpaired) electrons. The van der Waals surface area contributed by atoms with Crippen LogP contribution in [0.3, 0.4) is 0 Å². The van der Waals surface area contributed by atoms with E-state index in [-0.39, 0.29) is 5.91 Å². The van der Waals surface area contributed by atoms with Crippen LogP contribution in [0.5, 0.6) is 0 Å². The summed E-state index contributed by atoms with van der Waals surface area (Å²) < 4.78 is 0. The predicted octanol–water partition coefficient (Wildman–Crippen LogP) is 3.25. The van der Waals surface area contributed by atoms with Crippen LogP contribution in [0.15, 0.2) is 59.6 Å². The average molecular weight is 223 g/mol. The summed E-state index contributed by atoms with van der Waals surface area (Å²) in [7, 11) is 0. The molecule has 0 aliphatic rings. The summed E-state index contributed by atoms with van der Waals surface area (Å²) in [6.45, 7) is 1.99. The first-order chi connectivity index (χ1) is 8.27. The number of aryl methyl sites for hydroxylation is 1. The Hall–Kier alpha value is -2.22. The number of amides is 1. The Labute approximate surface area is 101 Å². The second-order valence-corrected chi connectivity index (χ2v) is 3.79. The highest BCUT2D eigenvalue weighted by Crippen LogP contribution is 2.05. The zero-order valence-electron chi connectivity index (χ0n) is 9.63. The highest BCUT2D eigenvalue weighted by molar-refractivity contribution is 6.01. The van der Waals surface area contributed by atoms with Crippen molar-refractivity contribution in [3.8, 4) is 0 Å². The lowest BCUT2D eigenvalue weighted by molar-refractivity contribution is 0.100. The van der Waals surface area contributed by atoms with Crippen molar-refractivity contribution in [2.24, 2.45) is 4.99 Å². The number of nitrogens with zero attached hydrogens (tertiary/aromatic N) is 1. The molecule has 0 saturated heterocycles.